The predicted octanol–water partition coefficient (Wildman–Crippen LogP) is 2.60. The number of aliphatic hydroxyl groups excluding tert-OH is 1. The highest BCUT2D eigenvalue weighted by atomic mass is 16.5. The lowest BCUT2D eigenvalue weighted by molar-refractivity contribution is 0.0101. The monoisotopic (exact) mass is 212 g/mol. The van der Waals surface area contributed by atoms with Crippen molar-refractivity contribution in [2.45, 2.75) is 44.9 Å². The van der Waals surface area contributed by atoms with Crippen molar-refractivity contribution in [1.29, 1.82) is 0 Å². The third-order valence-corrected chi connectivity index (χ3v) is 4.27. The second-order valence-electron chi connectivity index (χ2n) is 5.20. The minimum Gasteiger partial charge on any atom is -0.396 e. The van der Waals surface area contributed by atoms with E-state index in [2.05, 4.69) is 0 Å². The number of rotatable bonds is 4. The summed E-state index contributed by atoms with van der Waals surface area (Å²) >= 11 is 0. The highest BCUT2D eigenvalue weighted by Gasteiger charge is 2.32. The second kappa shape index (κ2) is 5.86. The van der Waals surface area contributed by atoms with Gasteiger partial charge in [0.25, 0.3) is 0 Å². The van der Waals surface area contributed by atoms with Gasteiger partial charge >= 0.3 is 0 Å². The summed E-state index contributed by atoms with van der Waals surface area (Å²) in [4.78, 5) is 0. The van der Waals surface area contributed by atoms with Gasteiger partial charge in [-0.1, -0.05) is 25.7 Å². The maximum Gasteiger partial charge on any atom is 0.0497 e. The van der Waals surface area contributed by atoms with Gasteiger partial charge < -0.3 is 9.84 Å². The van der Waals surface area contributed by atoms with Crippen LogP contribution in [0.25, 0.3) is 0 Å². The van der Waals surface area contributed by atoms with Crippen molar-refractivity contribution >= 4 is 0 Å². The van der Waals surface area contributed by atoms with E-state index in [0.29, 0.717) is 6.61 Å². The lowest BCUT2D eigenvalue weighted by atomic mass is 9.76. The molecule has 2 fully saturated rings. The molecule has 2 rings (SSSR count). The average molecular weight is 212 g/mol. The Kier molecular flexibility index (Phi) is 4.45. The fourth-order valence-corrected chi connectivity index (χ4v) is 3.49. The third kappa shape index (κ3) is 2.94. The van der Waals surface area contributed by atoms with E-state index in [9.17, 15) is 5.11 Å². The maximum atomic E-state index is 9.19. The summed E-state index contributed by atoms with van der Waals surface area (Å²) in [7, 11) is 0. The van der Waals surface area contributed by atoms with Crippen LogP contribution in [0.15, 0.2) is 0 Å². The molecule has 0 radical (unpaired) electrons. The van der Waals surface area contributed by atoms with E-state index in [1.54, 1.807) is 0 Å². The molecule has 1 heterocycles. The predicted molar refractivity (Wildman–Crippen MR) is 60.7 cm³/mol. The van der Waals surface area contributed by atoms with Gasteiger partial charge in [0.15, 0.2) is 0 Å². The average Bonchev–Trinajstić information content (AvgIpc) is 2.80. The summed E-state index contributed by atoms with van der Waals surface area (Å²) in [5.41, 5.74) is 0. The zero-order chi connectivity index (χ0) is 10.5. The zero-order valence-corrected chi connectivity index (χ0v) is 9.66. The molecule has 1 aliphatic carbocycles. The molecular formula is C13H24O2. The summed E-state index contributed by atoms with van der Waals surface area (Å²) in [6.07, 6.45) is 9.13. The van der Waals surface area contributed by atoms with E-state index in [1.807, 2.05) is 0 Å². The van der Waals surface area contributed by atoms with Crippen molar-refractivity contribution in [3.05, 3.63) is 0 Å². The summed E-state index contributed by atoms with van der Waals surface area (Å²) in [6.45, 7) is 2.26. The first-order chi connectivity index (χ1) is 7.42. The Balaban J connectivity index is 1.90. The van der Waals surface area contributed by atoms with Crippen LogP contribution < -0.4 is 0 Å². The van der Waals surface area contributed by atoms with Crippen molar-refractivity contribution in [2.75, 3.05) is 19.8 Å². The number of aliphatic hydroxyl groups is 1. The van der Waals surface area contributed by atoms with Crippen LogP contribution in [-0.2, 0) is 4.74 Å². The standard InChI is InChI=1S/C13H24O2/c14-8-7-13(11-4-1-2-5-11)12-6-3-9-15-10-12/h11-14H,1-10H2. The Bertz CT molecular complexity index is 169. The molecular weight excluding hydrogens is 188 g/mol. The Morgan fingerprint density at radius 3 is 2.40 bits per heavy atom. The van der Waals surface area contributed by atoms with Crippen LogP contribution in [0.2, 0.25) is 0 Å². The number of ether oxygens (including phenoxy) is 1. The lowest BCUT2D eigenvalue weighted by Crippen LogP contribution is -2.30. The summed E-state index contributed by atoms with van der Waals surface area (Å²) in [5, 5.41) is 9.19. The van der Waals surface area contributed by atoms with Crippen molar-refractivity contribution in [3.8, 4) is 0 Å². The smallest absolute Gasteiger partial charge is 0.0497 e. The summed E-state index contributed by atoms with van der Waals surface area (Å²) in [5.74, 6) is 2.34. The molecule has 1 aliphatic heterocycles. The molecule has 2 aliphatic rings. The van der Waals surface area contributed by atoms with E-state index in [0.717, 1.165) is 37.4 Å². The maximum absolute atomic E-state index is 9.19. The normalized spacial score (nSPS) is 30.6. The first-order valence-corrected chi connectivity index (χ1v) is 6.60. The first-order valence-electron chi connectivity index (χ1n) is 6.60. The highest BCUT2D eigenvalue weighted by molar-refractivity contribution is 4.81. The fourth-order valence-electron chi connectivity index (χ4n) is 3.49. The van der Waals surface area contributed by atoms with E-state index >= 15 is 0 Å². The molecule has 0 aromatic rings. The van der Waals surface area contributed by atoms with Gasteiger partial charge in [-0.3, -0.25) is 0 Å². The Hall–Kier alpha value is -0.0800. The minimum absolute atomic E-state index is 0.359. The van der Waals surface area contributed by atoms with Crippen LogP contribution in [-0.4, -0.2) is 24.9 Å². The van der Waals surface area contributed by atoms with E-state index in [1.165, 1.54) is 38.5 Å². The molecule has 0 bridgehead atoms. The second-order valence-corrected chi connectivity index (χ2v) is 5.20. The first kappa shape index (κ1) is 11.4. The summed E-state index contributed by atoms with van der Waals surface area (Å²) in [6, 6.07) is 0. The summed E-state index contributed by atoms with van der Waals surface area (Å²) < 4.78 is 5.59. The highest BCUT2D eigenvalue weighted by Crippen LogP contribution is 2.39. The molecule has 1 saturated carbocycles. The van der Waals surface area contributed by atoms with Crippen LogP contribution in [0.3, 0.4) is 0 Å². The van der Waals surface area contributed by atoms with Crippen molar-refractivity contribution in [3.63, 3.8) is 0 Å². The molecule has 0 amide bonds. The van der Waals surface area contributed by atoms with Gasteiger partial charge in [-0.15, -0.1) is 0 Å². The molecule has 2 atom stereocenters. The van der Waals surface area contributed by atoms with Gasteiger partial charge in [0.1, 0.15) is 0 Å². The zero-order valence-electron chi connectivity index (χ0n) is 9.66. The Labute approximate surface area is 93.0 Å². The van der Waals surface area contributed by atoms with Crippen molar-refractivity contribution < 1.29 is 9.84 Å². The molecule has 2 nitrogen and oxygen atoms in total. The molecule has 0 spiro atoms. The molecule has 88 valence electrons. The van der Waals surface area contributed by atoms with Crippen molar-refractivity contribution in [1.82, 2.24) is 0 Å². The number of hydrogen-bond donors (Lipinski definition) is 1. The van der Waals surface area contributed by atoms with E-state index in [4.69, 9.17) is 4.74 Å². The van der Waals surface area contributed by atoms with Crippen LogP contribution in [0.5, 0.6) is 0 Å². The van der Waals surface area contributed by atoms with Gasteiger partial charge in [-0.2, -0.15) is 0 Å². The van der Waals surface area contributed by atoms with Crippen LogP contribution >= 0.6 is 0 Å². The number of hydrogen-bond acceptors (Lipinski definition) is 2. The molecule has 0 aromatic heterocycles. The molecule has 2 heteroatoms. The molecule has 1 saturated heterocycles. The third-order valence-electron chi connectivity index (χ3n) is 4.27. The van der Waals surface area contributed by atoms with Crippen LogP contribution in [0, 0.1) is 17.8 Å². The molecule has 1 N–H and O–H groups in total. The largest absolute Gasteiger partial charge is 0.396 e. The van der Waals surface area contributed by atoms with Crippen molar-refractivity contribution in [2.24, 2.45) is 17.8 Å². The topological polar surface area (TPSA) is 29.5 Å². The van der Waals surface area contributed by atoms with Crippen LogP contribution in [0.1, 0.15) is 44.9 Å². The van der Waals surface area contributed by atoms with Gasteiger partial charge in [-0.05, 0) is 37.0 Å². The van der Waals surface area contributed by atoms with E-state index < -0.39 is 0 Å². The van der Waals surface area contributed by atoms with E-state index in [-0.39, 0.29) is 0 Å². The minimum atomic E-state index is 0.359. The Morgan fingerprint density at radius 1 is 1.07 bits per heavy atom. The lowest BCUT2D eigenvalue weighted by Gasteiger charge is -2.34. The SMILES string of the molecule is OCCC(C1CCCC1)C1CCCOC1. The van der Waals surface area contributed by atoms with Gasteiger partial charge in [0, 0.05) is 19.8 Å². The Morgan fingerprint density at radius 2 is 1.80 bits per heavy atom. The molecule has 15 heavy (non-hydrogen) atoms. The van der Waals surface area contributed by atoms with Gasteiger partial charge in [0.2, 0.25) is 0 Å². The quantitative estimate of drug-likeness (QED) is 0.776. The fraction of sp³-hybridized carbons (Fsp3) is 1.00. The molecule has 2 unspecified atom stereocenters. The van der Waals surface area contributed by atoms with Gasteiger partial charge in [0.05, 0.1) is 0 Å². The van der Waals surface area contributed by atoms with Gasteiger partial charge in [-0.25, -0.2) is 0 Å². The van der Waals surface area contributed by atoms with Crippen LogP contribution in [0.4, 0.5) is 0 Å². The molecule has 0 aromatic carbocycles.